The first kappa shape index (κ1) is 15.2. The van der Waals surface area contributed by atoms with Gasteiger partial charge in [-0.05, 0) is 11.6 Å². The van der Waals surface area contributed by atoms with Crippen molar-refractivity contribution >= 4 is 17.5 Å². The highest BCUT2D eigenvalue weighted by Crippen LogP contribution is 2.16. The number of hydrogen-bond acceptors (Lipinski definition) is 4. The SMILES string of the molecule is NC(=O)C(NC(=O)c1cccc([N+](=O)[O-])c1)c1ccccc1. The maximum absolute atomic E-state index is 12.2. The predicted molar refractivity (Wildman–Crippen MR) is 78.9 cm³/mol. The van der Waals surface area contributed by atoms with E-state index >= 15 is 0 Å². The number of nitro benzene ring substituents is 1. The number of hydrogen-bond donors (Lipinski definition) is 2. The molecule has 3 N–H and O–H groups in total. The number of nitrogens with zero attached hydrogens (tertiary/aromatic N) is 1. The van der Waals surface area contributed by atoms with Gasteiger partial charge in [0.2, 0.25) is 5.91 Å². The summed E-state index contributed by atoms with van der Waals surface area (Å²) in [6, 6.07) is 12.7. The second-order valence-electron chi connectivity index (χ2n) is 4.53. The average molecular weight is 299 g/mol. The number of nitro groups is 1. The first-order valence-corrected chi connectivity index (χ1v) is 6.38. The normalized spacial score (nSPS) is 11.5. The van der Waals surface area contributed by atoms with Gasteiger partial charge in [0.1, 0.15) is 6.04 Å². The monoisotopic (exact) mass is 299 g/mol. The van der Waals surface area contributed by atoms with E-state index in [0.29, 0.717) is 5.56 Å². The summed E-state index contributed by atoms with van der Waals surface area (Å²) in [5.74, 6) is -1.33. The quantitative estimate of drug-likeness (QED) is 0.643. The van der Waals surface area contributed by atoms with Crippen molar-refractivity contribution in [2.24, 2.45) is 5.73 Å². The fourth-order valence-electron chi connectivity index (χ4n) is 1.94. The number of nitrogens with two attached hydrogens (primary N) is 1. The fraction of sp³-hybridized carbons (Fsp3) is 0.0667. The Labute approximate surface area is 125 Å². The number of rotatable bonds is 5. The van der Waals surface area contributed by atoms with Crippen LogP contribution in [0.5, 0.6) is 0 Å². The summed E-state index contributed by atoms with van der Waals surface area (Å²) in [6.45, 7) is 0. The predicted octanol–water partition coefficient (Wildman–Crippen LogP) is 1.55. The highest BCUT2D eigenvalue weighted by atomic mass is 16.6. The van der Waals surface area contributed by atoms with E-state index in [2.05, 4.69) is 5.32 Å². The molecule has 0 saturated carbocycles. The average Bonchev–Trinajstić information content (AvgIpc) is 2.53. The first-order valence-electron chi connectivity index (χ1n) is 6.38. The smallest absolute Gasteiger partial charge is 0.270 e. The molecule has 112 valence electrons. The number of carbonyl (C=O) groups excluding carboxylic acids is 2. The summed E-state index contributed by atoms with van der Waals surface area (Å²) < 4.78 is 0. The molecule has 1 unspecified atom stereocenters. The molecule has 2 rings (SSSR count). The molecule has 0 heterocycles. The molecule has 0 spiro atoms. The maximum Gasteiger partial charge on any atom is 0.270 e. The van der Waals surface area contributed by atoms with Crippen molar-refractivity contribution in [3.8, 4) is 0 Å². The Balaban J connectivity index is 2.24. The van der Waals surface area contributed by atoms with E-state index in [4.69, 9.17) is 5.73 Å². The van der Waals surface area contributed by atoms with Gasteiger partial charge < -0.3 is 11.1 Å². The van der Waals surface area contributed by atoms with E-state index in [9.17, 15) is 19.7 Å². The van der Waals surface area contributed by atoms with E-state index < -0.39 is 22.8 Å². The lowest BCUT2D eigenvalue weighted by molar-refractivity contribution is -0.384. The number of benzene rings is 2. The zero-order chi connectivity index (χ0) is 16.1. The highest BCUT2D eigenvalue weighted by molar-refractivity contribution is 5.98. The Morgan fingerprint density at radius 1 is 1.09 bits per heavy atom. The minimum atomic E-state index is -1.01. The third-order valence-corrected chi connectivity index (χ3v) is 3.01. The molecule has 0 radical (unpaired) electrons. The lowest BCUT2D eigenvalue weighted by atomic mass is 10.1. The van der Waals surface area contributed by atoms with E-state index in [1.165, 1.54) is 18.2 Å². The van der Waals surface area contributed by atoms with E-state index in [-0.39, 0.29) is 11.3 Å². The Kier molecular flexibility index (Phi) is 4.47. The molecule has 0 bridgehead atoms. The van der Waals surface area contributed by atoms with Crippen LogP contribution in [0.4, 0.5) is 5.69 Å². The zero-order valence-electron chi connectivity index (χ0n) is 11.4. The van der Waals surface area contributed by atoms with Crippen LogP contribution >= 0.6 is 0 Å². The molecule has 0 saturated heterocycles. The topological polar surface area (TPSA) is 115 Å². The van der Waals surface area contributed by atoms with Gasteiger partial charge in [0.15, 0.2) is 0 Å². The van der Waals surface area contributed by atoms with Crippen LogP contribution in [-0.4, -0.2) is 16.7 Å². The minimum absolute atomic E-state index is 0.0800. The van der Waals surface area contributed by atoms with E-state index in [0.717, 1.165) is 6.07 Å². The van der Waals surface area contributed by atoms with Crippen molar-refractivity contribution in [2.75, 3.05) is 0 Å². The van der Waals surface area contributed by atoms with Crippen LogP contribution in [0.1, 0.15) is 22.0 Å². The van der Waals surface area contributed by atoms with Crippen LogP contribution in [0.3, 0.4) is 0 Å². The van der Waals surface area contributed by atoms with Crippen molar-refractivity contribution in [1.82, 2.24) is 5.32 Å². The summed E-state index contributed by atoms with van der Waals surface area (Å²) >= 11 is 0. The molecule has 7 heteroatoms. The molecule has 22 heavy (non-hydrogen) atoms. The number of amides is 2. The Bertz CT molecular complexity index is 716. The molecule has 2 aromatic rings. The van der Waals surface area contributed by atoms with Crippen molar-refractivity contribution in [3.05, 3.63) is 75.8 Å². The Morgan fingerprint density at radius 3 is 2.36 bits per heavy atom. The van der Waals surface area contributed by atoms with Crippen LogP contribution in [0.2, 0.25) is 0 Å². The third kappa shape index (κ3) is 3.45. The van der Waals surface area contributed by atoms with Crippen molar-refractivity contribution < 1.29 is 14.5 Å². The van der Waals surface area contributed by atoms with Crippen LogP contribution in [-0.2, 0) is 4.79 Å². The van der Waals surface area contributed by atoms with Crippen LogP contribution in [0, 0.1) is 10.1 Å². The van der Waals surface area contributed by atoms with Crippen LogP contribution in [0.25, 0.3) is 0 Å². The molecule has 1 atom stereocenters. The van der Waals surface area contributed by atoms with Gasteiger partial charge >= 0.3 is 0 Å². The lowest BCUT2D eigenvalue weighted by Crippen LogP contribution is -2.37. The molecule has 0 fully saturated rings. The van der Waals surface area contributed by atoms with Gasteiger partial charge in [0.05, 0.1) is 4.92 Å². The van der Waals surface area contributed by atoms with Crippen molar-refractivity contribution in [2.45, 2.75) is 6.04 Å². The minimum Gasteiger partial charge on any atom is -0.368 e. The van der Waals surface area contributed by atoms with Crippen molar-refractivity contribution in [1.29, 1.82) is 0 Å². The van der Waals surface area contributed by atoms with Gasteiger partial charge in [-0.15, -0.1) is 0 Å². The molecular weight excluding hydrogens is 286 g/mol. The zero-order valence-corrected chi connectivity index (χ0v) is 11.4. The molecule has 2 amide bonds. The van der Waals surface area contributed by atoms with Gasteiger partial charge in [0, 0.05) is 17.7 Å². The summed E-state index contributed by atoms with van der Waals surface area (Å²) in [6.07, 6.45) is 0. The number of nitrogens with one attached hydrogen (secondary N) is 1. The summed E-state index contributed by atoms with van der Waals surface area (Å²) in [7, 11) is 0. The number of primary amides is 1. The molecule has 0 aromatic heterocycles. The van der Waals surface area contributed by atoms with E-state index in [1.54, 1.807) is 30.3 Å². The second kappa shape index (κ2) is 6.49. The Hall–Kier alpha value is -3.22. The first-order chi connectivity index (χ1) is 10.5. The maximum atomic E-state index is 12.2. The molecule has 0 aliphatic heterocycles. The van der Waals surface area contributed by atoms with E-state index in [1.807, 2.05) is 0 Å². The van der Waals surface area contributed by atoms with Gasteiger partial charge in [-0.3, -0.25) is 19.7 Å². The summed E-state index contributed by atoms with van der Waals surface area (Å²) in [5, 5.41) is 13.2. The number of non-ortho nitro benzene ring substituents is 1. The second-order valence-corrected chi connectivity index (χ2v) is 4.53. The number of carbonyl (C=O) groups is 2. The molecule has 7 nitrogen and oxygen atoms in total. The third-order valence-electron chi connectivity index (χ3n) is 3.01. The molecule has 2 aromatic carbocycles. The van der Waals surface area contributed by atoms with Gasteiger partial charge in [-0.1, -0.05) is 36.4 Å². The van der Waals surface area contributed by atoms with Crippen LogP contribution < -0.4 is 11.1 Å². The summed E-state index contributed by atoms with van der Waals surface area (Å²) in [4.78, 5) is 33.8. The van der Waals surface area contributed by atoms with Gasteiger partial charge in [-0.2, -0.15) is 0 Å². The van der Waals surface area contributed by atoms with Crippen molar-refractivity contribution in [3.63, 3.8) is 0 Å². The fourth-order valence-corrected chi connectivity index (χ4v) is 1.94. The molecular formula is C15H13N3O4. The van der Waals surface area contributed by atoms with Crippen LogP contribution in [0.15, 0.2) is 54.6 Å². The molecule has 0 aliphatic carbocycles. The standard InChI is InChI=1S/C15H13N3O4/c16-14(19)13(10-5-2-1-3-6-10)17-15(20)11-7-4-8-12(9-11)18(21)22/h1-9,13H,(H2,16,19)(H,17,20). The Morgan fingerprint density at radius 2 is 1.77 bits per heavy atom. The largest absolute Gasteiger partial charge is 0.368 e. The molecule has 0 aliphatic rings. The highest BCUT2D eigenvalue weighted by Gasteiger charge is 2.21. The van der Waals surface area contributed by atoms with Gasteiger partial charge in [0.25, 0.3) is 11.6 Å². The lowest BCUT2D eigenvalue weighted by Gasteiger charge is -2.15. The van der Waals surface area contributed by atoms with Gasteiger partial charge in [-0.25, -0.2) is 0 Å². The summed E-state index contributed by atoms with van der Waals surface area (Å²) in [5.41, 5.74) is 5.72.